The van der Waals surface area contributed by atoms with Gasteiger partial charge in [-0.1, -0.05) is 24.3 Å². The van der Waals surface area contributed by atoms with Crippen LogP contribution in [0.1, 0.15) is 38.8 Å². The molecule has 2 rings (SSSR count). The lowest BCUT2D eigenvalue weighted by molar-refractivity contribution is -0.685. The van der Waals surface area contributed by atoms with Crippen molar-refractivity contribution in [3.05, 3.63) is 40.3 Å². The molecule has 0 bridgehead atoms. The van der Waals surface area contributed by atoms with Crippen LogP contribution in [-0.2, 0) is 11.1 Å². The highest BCUT2D eigenvalue weighted by Crippen LogP contribution is 2.45. The molecule has 0 saturated heterocycles. The van der Waals surface area contributed by atoms with E-state index in [2.05, 4.69) is 12.1 Å². The van der Waals surface area contributed by atoms with Gasteiger partial charge < -0.3 is 0 Å². The lowest BCUT2D eigenvalue weighted by Crippen LogP contribution is -2.34. The molecular formula is C12H16NO+. The number of benzene rings is 1. The fraction of sp³-hybridized carbons (Fsp3) is 0.500. The molecule has 0 unspecified atom stereocenters. The minimum absolute atomic E-state index is 0.403. The van der Waals surface area contributed by atoms with Gasteiger partial charge in [-0.25, -0.2) is 0 Å². The van der Waals surface area contributed by atoms with E-state index in [1.54, 1.807) is 0 Å². The van der Waals surface area contributed by atoms with Crippen molar-refractivity contribution in [3.8, 4) is 0 Å². The number of nitroso groups, excluding NO2 is 1. The molecule has 0 aromatic heterocycles. The second-order valence-corrected chi connectivity index (χ2v) is 4.96. The first kappa shape index (κ1) is 9.38. The zero-order chi connectivity index (χ0) is 10.6. The Labute approximate surface area is 84.5 Å². The maximum atomic E-state index is 12.1. The first-order chi connectivity index (χ1) is 6.38. The van der Waals surface area contributed by atoms with E-state index in [0.29, 0.717) is 0 Å². The van der Waals surface area contributed by atoms with Crippen molar-refractivity contribution in [3.63, 3.8) is 0 Å². The quantitative estimate of drug-likeness (QED) is 0.576. The number of hydrogen-bond donors (Lipinski definition) is 0. The first-order valence-corrected chi connectivity index (χ1v) is 4.96. The van der Waals surface area contributed by atoms with Crippen LogP contribution < -0.4 is 0 Å². The number of nitrogens with zero attached hydrogens (tertiary/aromatic N) is 1. The summed E-state index contributed by atoms with van der Waals surface area (Å²) < 4.78 is 1.20. The normalized spacial score (nSPS) is 22.1. The van der Waals surface area contributed by atoms with E-state index < -0.39 is 11.1 Å². The molecule has 1 aliphatic rings. The predicted octanol–water partition coefficient (Wildman–Crippen LogP) is 2.95. The summed E-state index contributed by atoms with van der Waals surface area (Å²) in [5, 5.41) is 0. The molecule has 0 fully saturated rings. The molecule has 1 aliphatic heterocycles. The highest BCUT2D eigenvalue weighted by Gasteiger charge is 2.57. The Hall–Kier alpha value is -1.18. The van der Waals surface area contributed by atoms with Crippen molar-refractivity contribution in [1.82, 2.24) is 0 Å². The molecule has 0 atom stereocenters. The van der Waals surface area contributed by atoms with Crippen molar-refractivity contribution < 1.29 is 4.76 Å². The van der Waals surface area contributed by atoms with Crippen molar-refractivity contribution in [2.75, 3.05) is 0 Å². The summed E-state index contributed by atoms with van der Waals surface area (Å²) in [6, 6.07) is 8.09. The molecule has 0 amide bonds. The molecule has 14 heavy (non-hydrogen) atoms. The fourth-order valence-electron chi connectivity index (χ4n) is 2.47. The van der Waals surface area contributed by atoms with Crippen LogP contribution in [-0.4, -0.2) is 4.76 Å². The molecule has 1 heterocycles. The van der Waals surface area contributed by atoms with Gasteiger partial charge in [0.05, 0.1) is 0 Å². The molecule has 0 N–H and O–H groups in total. The third kappa shape index (κ3) is 0.912. The smallest absolute Gasteiger partial charge is 0.0617 e. The topological polar surface area (TPSA) is 20.1 Å². The number of rotatable bonds is 0. The van der Waals surface area contributed by atoms with Crippen LogP contribution in [0.25, 0.3) is 0 Å². The van der Waals surface area contributed by atoms with Crippen molar-refractivity contribution in [2.45, 2.75) is 38.8 Å². The SMILES string of the molecule is CC1(C)c2ccccc2C(C)(C)[N+]1=O. The van der Waals surface area contributed by atoms with E-state index >= 15 is 0 Å². The molecule has 0 radical (unpaired) electrons. The maximum Gasteiger partial charge on any atom is 0.231 e. The maximum absolute atomic E-state index is 12.1. The average Bonchev–Trinajstić information content (AvgIpc) is 2.28. The summed E-state index contributed by atoms with van der Waals surface area (Å²) in [5.41, 5.74) is 1.50. The molecule has 1 aromatic rings. The van der Waals surface area contributed by atoms with Crippen molar-refractivity contribution in [1.29, 1.82) is 0 Å². The highest BCUT2D eigenvalue weighted by molar-refractivity contribution is 5.38. The van der Waals surface area contributed by atoms with Gasteiger partial charge in [0.15, 0.2) is 0 Å². The van der Waals surface area contributed by atoms with Gasteiger partial charge >= 0.3 is 0 Å². The zero-order valence-electron chi connectivity index (χ0n) is 9.16. The van der Waals surface area contributed by atoms with Crippen molar-refractivity contribution >= 4 is 0 Å². The number of fused-ring (bicyclic) bond motifs is 1. The van der Waals surface area contributed by atoms with Gasteiger partial charge in [0, 0.05) is 48.5 Å². The van der Waals surface area contributed by atoms with E-state index in [0.717, 1.165) is 11.1 Å². The minimum atomic E-state index is -0.403. The molecule has 2 heteroatoms. The van der Waals surface area contributed by atoms with Gasteiger partial charge in [0.1, 0.15) is 0 Å². The monoisotopic (exact) mass is 190 g/mol. The summed E-state index contributed by atoms with van der Waals surface area (Å²) in [6.45, 7) is 7.92. The van der Waals surface area contributed by atoms with E-state index in [1.165, 1.54) is 4.76 Å². The molecular weight excluding hydrogens is 174 g/mol. The van der Waals surface area contributed by atoms with E-state index in [9.17, 15) is 4.91 Å². The van der Waals surface area contributed by atoms with Gasteiger partial charge in [-0.15, -0.1) is 0 Å². The van der Waals surface area contributed by atoms with Crippen LogP contribution in [0.15, 0.2) is 24.3 Å². The Morgan fingerprint density at radius 3 is 1.64 bits per heavy atom. The van der Waals surface area contributed by atoms with E-state index in [4.69, 9.17) is 0 Å². The minimum Gasteiger partial charge on any atom is -0.0617 e. The standard InChI is InChI=1S/C12H16NO/c1-11(2)9-7-5-6-8-10(9)12(3,4)13(11)14/h5-8H,1-4H3/q+1. The highest BCUT2D eigenvalue weighted by atomic mass is 16.3. The Morgan fingerprint density at radius 2 is 1.29 bits per heavy atom. The summed E-state index contributed by atoms with van der Waals surface area (Å²) in [6.07, 6.45) is 0. The lowest BCUT2D eigenvalue weighted by atomic mass is 9.91. The van der Waals surface area contributed by atoms with Crippen molar-refractivity contribution in [2.24, 2.45) is 0 Å². The summed E-state index contributed by atoms with van der Waals surface area (Å²) >= 11 is 0. The second kappa shape index (κ2) is 2.44. The van der Waals surface area contributed by atoms with Gasteiger partial charge in [-0.3, -0.25) is 0 Å². The van der Waals surface area contributed by atoms with Crippen LogP contribution in [0.5, 0.6) is 0 Å². The molecule has 74 valence electrons. The number of hydrogen-bond acceptors (Lipinski definition) is 1. The lowest BCUT2D eigenvalue weighted by Gasteiger charge is -2.13. The Balaban J connectivity index is 2.76. The third-order valence-electron chi connectivity index (χ3n) is 3.26. The predicted molar refractivity (Wildman–Crippen MR) is 56.1 cm³/mol. The molecule has 0 aliphatic carbocycles. The summed E-state index contributed by atoms with van der Waals surface area (Å²) in [5.74, 6) is 0. The van der Waals surface area contributed by atoms with Gasteiger partial charge in [-0.2, -0.15) is 0 Å². The van der Waals surface area contributed by atoms with E-state index in [1.807, 2.05) is 39.8 Å². The van der Waals surface area contributed by atoms with Crippen LogP contribution in [0, 0.1) is 4.91 Å². The Kier molecular flexibility index (Phi) is 1.63. The summed E-state index contributed by atoms with van der Waals surface area (Å²) in [7, 11) is 0. The van der Waals surface area contributed by atoms with Crippen LogP contribution in [0.4, 0.5) is 0 Å². The zero-order valence-corrected chi connectivity index (χ0v) is 9.16. The summed E-state index contributed by atoms with van der Waals surface area (Å²) in [4.78, 5) is 12.1. The molecule has 0 saturated carbocycles. The van der Waals surface area contributed by atoms with E-state index in [-0.39, 0.29) is 0 Å². The Morgan fingerprint density at radius 1 is 0.929 bits per heavy atom. The third-order valence-corrected chi connectivity index (χ3v) is 3.26. The average molecular weight is 190 g/mol. The molecule has 0 spiro atoms. The van der Waals surface area contributed by atoms with Gasteiger partial charge in [0.2, 0.25) is 11.1 Å². The van der Waals surface area contributed by atoms with Crippen LogP contribution in [0.2, 0.25) is 0 Å². The van der Waals surface area contributed by atoms with Gasteiger partial charge in [0.25, 0.3) is 0 Å². The largest absolute Gasteiger partial charge is 0.231 e. The second-order valence-electron chi connectivity index (χ2n) is 4.96. The van der Waals surface area contributed by atoms with Crippen LogP contribution in [0.3, 0.4) is 0 Å². The van der Waals surface area contributed by atoms with Crippen LogP contribution >= 0.6 is 0 Å². The molecule has 1 aromatic carbocycles. The Bertz CT molecular complexity index is 368. The fourth-order valence-corrected chi connectivity index (χ4v) is 2.47. The van der Waals surface area contributed by atoms with Gasteiger partial charge in [-0.05, 0) is 0 Å². The molecule has 2 nitrogen and oxygen atoms in total. The first-order valence-electron chi connectivity index (χ1n) is 4.96.